The highest BCUT2D eigenvalue weighted by atomic mass is 16.5. The summed E-state index contributed by atoms with van der Waals surface area (Å²) in [6.07, 6.45) is 5.17. The first-order valence-corrected chi connectivity index (χ1v) is 9.61. The molecule has 3 aromatic heterocycles. The van der Waals surface area contributed by atoms with Crippen molar-refractivity contribution in [1.29, 1.82) is 0 Å². The summed E-state index contributed by atoms with van der Waals surface area (Å²) < 4.78 is 5.43. The summed E-state index contributed by atoms with van der Waals surface area (Å²) in [5.41, 5.74) is 3.98. The Labute approximate surface area is 163 Å². The Bertz CT molecular complexity index is 976. The van der Waals surface area contributed by atoms with Gasteiger partial charge in [0.05, 0.1) is 17.0 Å². The lowest BCUT2D eigenvalue weighted by atomic mass is 9.91. The summed E-state index contributed by atoms with van der Waals surface area (Å²) in [6, 6.07) is 3.73. The van der Waals surface area contributed by atoms with E-state index in [1.807, 2.05) is 24.0 Å². The molecular formula is C20H24N6O2. The summed E-state index contributed by atoms with van der Waals surface area (Å²) in [5, 5.41) is 11.1. The molecular weight excluding hydrogens is 356 g/mol. The smallest absolute Gasteiger partial charge is 0.274 e. The van der Waals surface area contributed by atoms with Gasteiger partial charge in [0.2, 0.25) is 0 Å². The molecule has 0 spiro atoms. The monoisotopic (exact) mass is 380 g/mol. The van der Waals surface area contributed by atoms with Gasteiger partial charge < -0.3 is 9.42 Å². The Kier molecular flexibility index (Phi) is 4.93. The predicted molar refractivity (Wildman–Crippen MR) is 103 cm³/mol. The standard InChI is InChI=1S/C20H24N6O2/c1-12(2)16-8-17(24-23-16)20(27)26-6-4-5-14(10-26)19-15(9-21-11-22-19)18-7-13(3)25-28-18/h7-9,11-12,14H,4-6,10H2,1-3H3,(H,23,24)/t14-/m0/s1. The van der Waals surface area contributed by atoms with E-state index in [2.05, 4.69) is 39.2 Å². The highest BCUT2D eigenvalue weighted by Gasteiger charge is 2.30. The molecule has 0 aromatic carbocycles. The van der Waals surface area contributed by atoms with Gasteiger partial charge in [0.15, 0.2) is 5.76 Å². The highest BCUT2D eigenvalue weighted by molar-refractivity contribution is 5.92. The van der Waals surface area contributed by atoms with Crippen LogP contribution in [0.3, 0.4) is 0 Å². The van der Waals surface area contributed by atoms with Crippen molar-refractivity contribution >= 4 is 5.91 Å². The molecule has 0 aliphatic carbocycles. The van der Waals surface area contributed by atoms with Gasteiger partial charge in [-0.25, -0.2) is 9.97 Å². The third-order valence-electron chi connectivity index (χ3n) is 5.17. The van der Waals surface area contributed by atoms with E-state index in [9.17, 15) is 4.79 Å². The van der Waals surface area contributed by atoms with Gasteiger partial charge in [-0.1, -0.05) is 19.0 Å². The summed E-state index contributed by atoms with van der Waals surface area (Å²) in [6.45, 7) is 7.34. The number of hydrogen-bond acceptors (Lipinski definition) is 6. The zero-order chi connectivity index (χ0) is 19.7. The van der Waals surface area contributed by atoms with Crippen LogP contribution in [0.1, 0.15) is 66.1 Å². The Morgan fingerprint density at radius 2 is 2.21 bits per heavy atom. The number of amides is 1. The van der Waals surface area contributed by atoms with E-state index in [-0.39, 0.29) is 11.8 Å². The highest BCUT2D eigenvalue weighted by Crippen LogP contribution is 2.33. The van der Waals surface area contributed by atoms with Crippen LogP contribution in [0.2, 0.25) is 0 Å². The molecule has 0 saturated carbocycles. The molecule has 4 heterocycles. The summed E-state index contributed by atoms with van der Waals surface area (Å²) in [4.78, 5) is 23.5. The first kappa shape index (κ1) is 18.3. The predicted octanol–water partition coefficient (Wildman–Crippen LogP) is 3.31. The van der Waals surface area contributed by atoms with Crippen LogP contribution in [0.4, 0.5) is 0 Å². The van der Waals surface area contributed by atoms with Crippen LogP contribution in [-0.2, 0) is 0 Å². The maximum absolute atomic E-state index is 13.0. The van der Waals surface area contributed by atoms with Gasteiger partial charge in [0.25, 0.3) is 5.91 Å². The molecule has 4 rings (SSSR count). The molecule has 1 saturated heterocycles. The molecule has 1 N–H and O–H groups in total. The number of carbonyl (C=O) groups is 1. The van der Waals surface area contributed by atoms with Crippen molar-refractivity contribution in [2.45, 2.75) is 45.4 Å². The summed E-state index contributed by atoms with van der Waals surface area (Å²) in [5.74, 6) is 1.03. The second kappa shape index (κ2) is 7.53. The molecule has 0 unspecified atom stereocenters. The fourth-order valence-corrected chi connectivity index (χ4v) is 3.63. The zero-order valence-corrected chi connectivity index (χ0v) is 16.3. The molecule has 1 amide bonds. The van der Waals surface area contributed by atoms with Crippen molar-refractivity contribution in [2.75, 3.05) is 13.1 Å². The van der Waals surface area contributed by atoms with Gasteiger partial charge >= 0.3 is 0 Å². The molecule has 1 aliphatic rings. The minimum atomic E-state index is -0.0426. The van der Waals surface area contributed by atoms with E-state index in [0.717, 1.165) is 42.0 Å². The number of likely N-dealkylation sites (tertiary alicyclic amines) is 1. The lowest BCUT2D eigenvalue weighted by Gasteiger charge is -2.32. The number of carbonyl (C=O) groups excluding carboxylic acids is 1. The van der Waals surface area contributed by atoms with Crippen LogP contribution in [0.5, 0.6) is 0 Å². The number of H-pyrrole nitrogens is 1. The van der Waals surface area contributed by atoms with Crippen LogP contribution < -0.4 is 0 Å². The van der Waals surface area contributed by atoms with E-state index in [1.54, 1.807) is 12.5 Å². The SMILES string of the molecule is Cc1cc(-c2cncnc2[C@H]2CCCN(C(=O)c3cc(C(C)C)[nH]n3)C2)on1. The van der Waals surface area contributed by atoms with Crippen LogP contribution in [0, 0.1) is 6.92 Å². The number of rotatable bonds is 4. The molecule has 146 valence electrons. The fourth-order valence-electron chi connectivity index (χ4n) is 3.63. The second-order valence-electron chi connectivity index (χ2n) is 7.61. The van der Waals surface area contributed by atoms with Crippen molar-refractivity contribution in [3.8, 4) is 11.3 Å². The van der Waals surface area contributed by atoms with Gasteiger partial charge in [-0.3, -0.25) is 9.89 Å². The van der Waals surface area contributed by atoms with Crippen LogP contribution >= 0.6 is 0 Å². The molecule has 1 fully saturated rings. The molecule has 8 nitrogen and oxygen atoms in total. The van der Waals surface area contributed by atoms with E-state index >= 15 is 0 Å². The quantitative estimate of drug-likeness (QED) is 0.745. The topological polar surface area (TPSA) is 101 Å². The van der Waals surface area contributed by atoms with Crippen molar-refractivity contribution in [3.05, 3.63) is 47.4 Å². The van der Waals surface area contributed by atoms with Gasteiger partial charge in [-0.05, 0) is 31.7 Å². The largest absolute Gasteiger partial charge is 0.356 e. The van der Waals surface area contributed by atoms with E-state index < -0.39 is 0 Å². The number of hydrogen-bond donors (Lipinski definition) is 1. The average molecular weight is 380 g/mol. The minimum absolute atomic E-state index is 0.0426. The summed E-state index contributed by atoms with van der Waals surface area (Å²) >= 11 is 0. The van der Waals surface area contributed by atoms with Crippen molar-refractivity contribution in [3.63, 3.8) is 0 Å². The number of aromatic amines is 1. The number of aryl methyl sites for hydroxylation is 1. The first-order valence-electron chi connectivity index (χ1n) is 9.61. The van der Waals surface area contributed by atoms with Crippen molar-refractivity contribution < 1.29 is 9.32 Å². The summed E-state index contributed by atoms with van der Waals surface area (Å²) in [7, 11) is 0. The molecule has 1 atom stereocenters. The Balaban J connectivity index is 1.57. The van der Waals surface area contributed by atoms with Gasteiger partial charge in [-0.15, -0.1) is 0 Å². The fraction of sp³-hybridized carbons (Fsp3) is 0.450. The first-order chi connectivity index (χ1) is 13.5. The number of piperidine rings is 1. The molecule has 0 radical (unpaired) electrons. The number of aromatic nitrogens is 5. The van der Waals surface area contributed by atoms with Crippen LogP contribution in [0.25, 0.3) is 11.3 Å². The van der Waals surface area contributed by atoms with Crippen molar-refractivity contribution in [2.24, 2.45) is 0 Å². The van der Waals surface area contributed by atoms with Crippen LogP contribution in [0.15, 0.2) is 29.2 Å². The van der Waals surface area contributed by atoms with Gasteiger partial charge in [0.1, 0.15) is 12.0 Å². The third kappa shape index (κ3) is 3.54. The maximum atomic E-state index is 13.0. The third-order valence-corrected chi connectivity index (χ3v) is 5.17. The van der Waals surface area contributed by atoms with Gasteiger partial charge in [0, 0.05) is 37.0 Å². The second-order valence-corrected chi connectivity index (χ2v) is 7.61. The normalized spacial score (nSPS) is 17.3. The average Bonchev–Trinajstić information content (AvgIpc) is 3.37. The van der Waals surface area contributed by atoms with E-state index in [0.29, 0.717) is 23.9 Å². The molecule has 8 heteroatoms. The van der Waals surface area contributed by atoms with E-state index in [1.165, 1.54) is 0 Å². The van der Waals surface area contributed by atoms with Crippen molar-refractivity contribution in [1.82, 2.24) is 30.2 Å². The minimum Gasteiger partial charge on any atom is -0.356 e. The lowest BCUT2D eigenvalue weighted by molar-refractivity contribution is 0.0700. The maximum Gasteiger partial charge on any atom is 0.274 e. The van der Waals surface area contributed by atoms with Gasteiger partial charge in [-0.2, -0.15) is 5.10 Å². The number of nitrogens with zero attached hydrogens (tertiary/aromatic N) is 5. The zero-order valence-electron chi connectivity index (χ0n) is 16.3. The molecule has 1 aliphatic heterocycles. The Hall–Kier alpha value is -3.03. The Morgan fingerprint density at radius 1 is 1.36 bits per heavy atom. The molecule has 28 heavy (non-hydrogen) atoms. The Morgan fingerprint density at radius 3 is 2.93 bits per heavy atom. The lowest BCUT2D eigenvalue weighted by Crippen LogP contribution is -2.39. The molecule has 3 aromatic rings. The van der Waals surface area contributed by atoms with Crippen LogP contribution in [-0.4, -0.2) is 49.2 Å². The number of nitrogens with one attached hydrogen (secondary N) is 1. The van der Waals surface area contributed by atoms with E-state index in [4.69, 9.17) is 4.52 Å². The molecule has 0 bridgehead atoms.